The number of rotatable bonds is 7. The first-order chi connectivity index (χ1) is 18.3. The Morgan fingerprint density at radius 2 is 2.00 bits per heavy atom. The third-order valence-corrected chi connectivity index (χ3v) is 7.20. The van der Waals surface area contributed by atoms with Gasteiger partial charge in [0.15, 0.2) is 11.3 Å². The lowest BCUT2D eigenvalue weighted by Gasteiger charge is -2.32. The van der Waals surface area contributed by atoms with E-state index in [1.807, 2.05) is 18.2 Å². The smallest absolute Gasteiger partial charge is 0.277 e. The van der Waals surface area contributed by atoms with Gasteiger partial charge < -0.3 is 20.9 Å². The molecule has 3 aromatic rings. The van der Waals surface area contributed by atoms with Crippen molar-refractivity contribution >= 4 is 40.3 Å². The molecule has 0 bridgehead atoms. The highest BCUT2D eigenvalue weighted by Gasteiger charge is 2.31. The van der Waals surface area contributed by atoms with Crippen LogP contribution >= 0.6 is 0 Å². The van der Waals surface area contributed by atoms with Gasteiger partial charge in [-0.2, -0.15) is 5.10 Å². The van der Waals surface area contributed by atoms with Crippen molar-refractivity contribution in [3.05, 3.63) is 54.0 Å². The molecule has 0 spiro atoms. The number of nitrogens with two attached hydrogens (primary N) is 1. The van der Waals surface area contributed by atoms with Crippen LogP contribution in [0.25, 0.3) is 11.0 Å². The average Bonchev–Trinajstić information content (AvgIpc) is 3.68. The molecule has 3 N–H and O–H groups in total. The molecule has 3 heterocycles. The number of nitrogen functional groups attached to an aromatic ring is 1. The average molecular weight is 517 g/mol. The molecule has 2 aromatic heterocycles. The van der Waals surface area contributed by atoms with Gasteiger partial charge >= 0.3 is 0 Å². The quantitative estimate of drug-likeness (QED) is 0.460. The number of carbonyl (C=O) groups excluding carboxylic acids is 3. The minimum absolute atomic E-state index is 0.0204. The second kappa shape index (κ2) is 10.2. The number of carbonyl (C=O) groups is 3. The zero-order valence-corrected chi connectivity index (χ0v) is 21.7. The number of nitrogens with one attached hydrogen (secondary N) is 1. The molecule has 2 fully saturated rings. The van der Waals surface area contributed by atoms with Crippen LogP contribution in [0.4, 0.5) is 11.5 Å². The van der Waals surface area contributed by atoms with Crippen LogP contribution in [0.5, 0.6) is 0 Å². The molecule has 38 heavy (non-hydrogen) atoms. The highest BCUT2D eigenvalue weighted by Crippen LogP contribution is 2.44. The molecule has 0 radical (unpaired) electrons. The number of piperidine rings is 1. The molecule has 1 saturated heterocycles. The van der Waals surface area contributed by atoms with E-state index < -0.39 is 5.91 Å². The van der Waals surface area contributed by atoms with Gasteiger partial charge in [-0.3, -0.25) is 14.4 Å². The first kappa shape index (κ1) is 25.4. The predicted octanol–water partition coefficient (Wildman–Crippen LogP) is 2.52. The Morgan fingerprint density at radius 1 is 1.21 bits per heavy atom. The fourth-order valence-corrected chi connectivity index (χ4v) is 4.97. The minimum atomic E-state index is -0.413. The highest BCUT2D eigenvalue weighted by molar-refractivity contribution is 6.13. The van der Waals surface area contributed by atoms with Gasteiger partial charge in [-0.15, -0.1) is 0 Å². The van der Waals surface area contributed by atoms with E-state index in [1.54, 1.807) is 28.6 Å². The van der Waals surface area contributed by atoms with Crippen molar-refractivity contribution in [3.8, 4) is 0 Å². The summed E-state index contributed by atoms with van der Waals surface area (Å²) in [7, 11) is 3.47. The Morgan fingerprint density at radius 3 is 2.71 bits per heavy atom. The lowest BCUT2D eigenvalue weighted by atomic mass is 10.0. The van der Waals surface area contributed by atoms with Crippen molar-refractivity contribution in [1.82, 2.24) is 29.5 Å². The van der Waals surface area contributed by atoms with Crippen molar-refractivity contribution in [3.63, 3.8) is 0 Å². The predicted molar refractivity (Wildman–Crippen MR) is 144 cm³/mol. The van der Waals surface area contributed by atoms with E-state index in [1.165, 1.54) is 12.4 Å². The van der Waals surface area contributed by atoms with Gasteiger partial charge in [-0.05, 0) is 54.9 Å². The number of hydrogen-bond donors (Lipinski definition) is 2. The zero-order valence-electron chi connectivity index (χ0n) is 21.7. The lowest BCUT2D eigenvalue weighted by molar-refractivity contribution is -0.128. The van der Waals surface area contributed by atoms with Crippen LogP contribution in [-0.2, 0) is 16.0 Å². The van der Waals surface area contributed by atoms with E-state index in [2.05, 4.69) is 27.0 Å². The Hall–Kier alpha value is -4.28. The first-order valence-electron chi connectivity index (χ1n) is 12.8. The van der Waals surface area contributed by atoms with E-state index in [0.29, 0.717) is 42.1 Å². The van der Waals surface area contributed by atoms with Gasteiger partial charge in [0.05, 0.1) is 17.8 Å². The number of anilines is 2. The second-order valence-corrected chi connectivity index (χ2v) is 10.2. The van der Waals surface area contributed by atoms with Crippen LogP contribution in [0.2, 0.25) is 0 Å². The molecular weight excluding hydrogens is 484 g/mol. The monoisotopic (exact) mass is 516 g/mol. The number of likely N-dealkylation sites (N-methyl/N-ethyl adjacent to an activating group) is 1. The van der Waals surface area contributed by atoms with Crippen LogP contribution in [-0.4, -0.2) is 74.5 Å². The topological polar surface area (TPSA) is 139 Å². The maximum Gasteiger partial charge on any atom is 0.277 e. The standard InChI is InChI=1S/C27H32N8O3/c1-4-21(36)34-11-5-6-18(14-34)35-26-23(25(28)29-15-30-26)24(32-35)27(38)31-20-10-7-16(13-22(37)33(2)3)12-19(20)17-8-9-17/h4,7,10,12,15,17-18H,1,5-6,8-9,11,13-14H2,2-3H3,(H,31,38)(H2,28,29,30)/t18-/m1/s1. The van der Waals surface area contributed by atoms with Crippen molar-refractivity contribution in [2.45, 2.75) is 44.1 Å². The molecule has 1 atom stereocenters. The summed E-state index contributed by atoms with van der Waals surface area (Å²) in [5.41, 5.74) is 9.42. The molecule has 5 rings (SSSR count). The maximum atomic E-state index is 13.6. The summed E-state index contributed by atoms with van der Waals surface area (Å²) in [6.07, 6.45) is 6.61. The maximum absolute atomic E-state index is 13.6. The Bertz CT molecular complexity index is 1430. The molecule has 1 aliphatic carbocycles. The SMILES string of the molecule is C=CC(=O)N1CCC[C@@H](n2nc(C(=O)Nc3ccc(CC(=O)N(C)C)cc3C3CC3)c3c(N)ncnc32)C1. The highest BCUT2D eigenvalue weighted by atomic mass is 16.2. The van der Waals surface area contributed by atoms with Gasteiger partial charge in [-0.25, -0.2) is 14.6 Å². The Balaban J connectivity index is 1.46. The molecule has 11 nitrogen and oxygen atoms in total. The number of amides is 3. The first-order valence-corrected chi connectivity index (χ1v) is 12.8. The number of benzene rings is 1. The molecule has 11 heteroatoms. The number of aromatic nitrogens is 4. The Kier molecular flexibility index (Phi) is 6.83. The minimum Gasteiger partial charge on any atom is -0.383 e. The third-order valence-electron chi connectivity index (χ3n) is 7.20. The van der Waals surface area contributed by atoms with E-state index in [4.69, 9.17) is 5.73 Å². The molecule has 198 valence electrons. The van der Waals surface area contributed by atoms with E-state index in [0.717, 1.165) is 36.8 Å². The summed E-state index contributed by atoms with van der Waals surface area (Å²) in [6, 6.07) is 5.56. The van der Waals surface area contributed by atoms with Crippen LogP contribution in [0, 0.1) is 0 Å². The van der Waals surface area contributed by atoms with Crippen LogP contribution < -0.4 is 11.1 Å². The second-order valence-electron chi connectivity index (χ2n) is 10.2. The summed E-state index contributed by atoms with van der Waals surface area (Å²) in [5.74, 6) is -0.0167. The fraction of sp³-hybridized carbons (Fsp3) is 0.407. The molecule has 0 unspecified atom stereocenters. The van der Waals surface area contributed by atoms with E-state index >= 15 is 0 Å². The van der Waals surface area contributed by atoms with Crippen LogP contribution in [0.15, 0.2) is 37.2 Å². The molecule has 3 amide bonds. The number of hydrogen-bond acceptors (Lipinski definition) is 7. The molecule has 1 aliphatic heterocycles. The van der Waals surface area contributed by atoms with Gasteiger partial charge in [0.2, 0.25) is 11.8 Å². The van der Waals surface area contributed by atoms with Gasteiger partial charge in [-0.1, -0.05) is 18.7 Å². The normalized spacial score (nSPS) is 17.3. The van der Waals surface area contributed by atoms with Gasteiger partial charge in [0.25, 0.3) is 5.91 Å². The van der Waals surface area contributed by atoms with Crippen molar-refractivity contribution in [2.75, 3.05) is 38.2 Å². The van der Waals surface area contributed by atoms with E-state index in [-0.39, 0.29) is 29.4 Å². The summed E-state index contributed by atoms with van der Waals surface area (Å²) in [6.45, 7) is 4.67. The molecule has 1 saturated carbocycles. The zero-order chi connectivity index (χ0) is 27.0. The number of likely N-dealkylation sites (tertiary alicyclic amines) is 1. The summed E-state index contributed by atoms with van der Waals surface area (Å²) in [4.78, 5) is 49.8. The van der Waals surface area contributed by atoms with Gasteiger partial charge in [0, 0.05) is 32.9 Å². The van der Waals surface area contributed by atoms with Crippen molar-refractivity contribution in [2.24, 2.45) is 0 Å². The molecule has 2 aliphatic rings. The van der Waals surface area contributed by atoms with Gasteiger partial charge in [0.1, 0.15) is 12.1 Å². The third kappa shape index (κ3) is 4.96. The van der Waals surface area contributed by atoms with Crippen molar-refractivity contribution < 1.29 is 14.4 Å². The summed E-state index contributed by atoms with van der Waals surface area (Å²) in [5, 5.41) is 8.08. The lowest BCUT2D eigenvalue weighted by Crippen LogP contribution is -2.40. The number of fused-ring (bicyclic) bond motifs is 1. The Labute approximate surface area is 220 Å². The molecular formula is C27H32N8O3. The molecule has 1 aromatic carbocycles. The van der Waals surface area contributed by atoms with Crippen LogP contribution in [0.1, 0.15) is 59.3 Å². The summed E-state index contributed by atoms with van der Waals surface area (Å²) < 4.78 is 1.70. The number of nitrogens with zero attached hydrogens (tertiary/aromatic N) is 6. The largest absolute Gasteiger partial charge is 0.383 e. The van der Waals surface area contributed by atoms with Crippen LogP contribution in [0.3, 0.4) is 0 Å². The van der Waals surface area contributed by atoms with E-state index in [9.17, 15) is 14.4 Å². The fourth-order valence-electron chi connectivity index (χ4n) is 4.97. The van der Waals surface area contributed by atoms with Crippen molar-refractivity contribution in [1.29, 1.82) is 0 Å². The summed E-state index contributed by atoms with van der Waals surface area (Å²) >= 11 is 0.